The Kier molecular flexibility index (Phi) is 10.3. The van der Waals surface area contributed by atoms with Crippen molar-refractivity contribution in [3.05, 3.63) is 0 Å². The van der Waals surface area contributed by atoms with Gasteiger partial charge >= 0.3 is 23.3 Å². The zero-order valence-electron chi connectivity index (χ0n) is 17.6. The highest BCUT2D eigenvalue weighted by atomic mass is 32.2. The van der Waals surface area contributed by atoms with E-state index in [1.807, 2.05) is 0 Å². The van der Waals surface area contributed by atoms with Crippen molar-refractivity contribution in [1.29, 1.82) is 0 Å². The minimum absolute atomic E-state index is 0.291. The summed E-state index contributed by atoms with van der Waals surface area (Å²) in [5, 5.41) is 11.6. The molecule has 0 aromatic carbocycles. The maximum absolute atomic E-state index is 14.0. The summed E-state index contributed by atoms with van der Waals surface area (Å²) < 4.78 is 171. The number of likely N-dealkylation sites (N-methyl/N-ethyl adjacent to an activating group) is 1. The third kappa shape index (κ3) is 7.53. The predicted octanol–water partition coefficient (Wildman–Crippen LogP) is 0.751. The normalized spacial score (nSPS) is 16.2. The second kappa shape index (κ2) is 10.6. The van der Waals surface area contributed by atoms with E-state index in [4.69, 9.17) is 9.66 Å². The zero-order chi connectivity index (χ0) is 27.6. The number of hydrogen-bond acceptors (Lipinski definition) is 6. The van der Waals surface area contributed by atoms with Crippen LogP contribution in [0, 0.1) is 0 Å². The van der Waals surface area contributed by atoms with E-state index < -0.39 is 92.2 Å². The number of rotatable bonds is 14. The summed E-state index contributed by atoms with van der Waals surface area (Å²) in [4.78, 5) is 0. The Morgan fingerprint density at radius 2 is 1.35 bits per heavy atom. The molecule has 206 valence electrons. The Labute approximate surface area is 189 Å². The Hall–Kier alpha value is -0.930. The summed E-state index contributed by atoms with van der Waals surface area (Å²) in [7, 11) is -8.85. The van der Waals surface area contributed by atoms with Gasteiger partial charge in [-0.25, -0.2) is 8.42 Å². The second-order valence-corrected chi connectivity index (χ2v) is 11.4. The Morgan fingerprint density at radius 1 is 0.882 bits per heavy atom. The molecule has 0 saturated carbocycles. The van der Waals surface area contributed by atoms with Gasteiger partial charge < -0.3 is 14.7 Å². The molecule has 0 aromatic rings. The number of nitrogens with zero attached hydrogens (tertiary/aromatic N) is 2. The number of quaternary nitrogens is 1. The first-order valence-electron chi connectivity index (χ1n) is 9.03. The van der Waals surface area contributed by atoms with E-state index in [2.05, 4.69) is 0 Å². The number of halogens is 9. The van der Waals surface area contributed by atoms with Crippen molar-refractivity contribution in [2.24, 2.45) is 0 Å². The fourth-order valence-electron chi connectivity index (χ4n) is 2.78. The lowest BCUT2D eigenvalue weighted by molar-refractivity contribution is -0.893. The molecule has 0 amide bonds. The average Bonchev–Trinajstić information content (AvgIpc) is 2.56. The van der Waals surface area contributed by atoms with Crippen LogP contribution in [0.15, 0.2) is 0 Å². The first-order chi connectivity index (χ1) is 14.8. The highest BCUT2D eigenvalue weighted by molar-refractivity contribution is 7.90. The lowest BCUT2D eigenvalue weighted by Gasteiger charge is -2.36. The van der Waals surface area contributed by atoms with Gasteiger partial charge in [0.1, 0.15) is 18.4 Å². The SMILES string of the molecule is C[N+](C)(CCCN(CCO)S(=O)(=O)C(F)(F)C(F)(F)C(F)(F)C(F)(F)F)CC(O)CS(=O)(=O)O. The third-order valence-corrected chi connectivity index (χ3v) is 7.16. The van der Waals surface area contributed by atoms with Crippen LogP contribution in [-0.4, -0.2) is 122 Å². The molecule has 34 heavy (non-hydrogen) atoms. The van der Waals surface area contributed by atoms with Gasteiger partial charge in [-0.15, -0.1) is 0 Å². The minimum Gasteiger partial charge on any atom is -0.395 e. The minimum atomic E-state index is -7.43. The quantitative estimate of drug-likeness (QED) is 0.160. The molecule has 0 heterocycles. The molecule has 0 bridgehead atoms. The smallest absolute Gasteiger partial charge is 0.395 e. The standard InChI is InChI=1S/C14H23F9N2O7S2/c1-25(2,8-10(27)9-33(28,29)30)6-3-4-24(5-7-26)34(31,32)14(22,23)12(17,18)11(15,16)13(19,20)21/h10,26-27H,3-9H2,1-2H3/p+1. The van der Waals surface area contributed by atoms with Gasteiger partial charge in [0.25, 0.3) is 20.1 Å². The van der Waals surface area contributed by atoms with E-state index in [1.165, 1.54) is 14.1 Å². The van der Waals surface area contributed by atoms with Crippen molar-refractivity contribution in [2.45, 2.75) is 35.8 Å². The average molecular weight is 567 g/mol. The second-order valence-electron chi connectivity index (χ2n) is 7.89. The van der Waals surface area contributed by atoms with Crippen LogP contribution in [0.1, 0.15) is 6.42 Å². The molecule has 0 aromatic heterocycles. The van der Waals surface area contributed by atoms with Gasteiger partial charge in [0.2, 0.25) is 0 Å². The van der Waals surface area contributed by atoms with E-state index in [9.17, 15) is 61.5 Å². The van der Waals surface area contributed by atoms with Crippen LogP contribution < -0.4 is 0 Å². The largest absolute Gasteiger partial charge is 0.460 e. The molecule has 0 radical (unpaired) electrons. The summed E-state index contributed by atoms with van der Waals surface area (Å²) in [5.74, 6) is -15.9. The van der Waals surface area contributed by atoms with Crippen LogP contribution in [0.3, 0.4) is 0 Å². The van der Waals surface area contributed by atoms with E-state index in [-0.39, 0.29) is 11.0 Å². The van der Waals surface area contributed by atoms with Crippen molar-refractivity contribution in [1.82, 2.24) is 4.31 Å². The maximum Gasteiger partial charge on any atom is 0.460 e. The van der Waals surface area contributed by atoms with Crippen molar-refractivity contribution < 1.29 is 75.6 Å². The van der Waals surface area contributed by atoms with E-state index in [1.54, 1.807) is 0 Å². The molecule has 3 N–H and O–H groups in total. The molecule has 0 aliphatic heterocycles. The van der Waals surface area contributed by atoms with Crippen molar-refractivity contribution in [3.63, 3.8) is 0 Å². The predicted molar refractivity (Wildman–Crippen MR) is 97.4 cm³/mol. The number of aliphatic hydroxyl groups is 2. The van der Waals surface area contributed by atoms with Gasteiger partial charge in [0.05, 0.1) is 27.2 Å². The van der Waals surface area contributed by atoms with Gasteiger partial charge in [-0.3, -0.25) is 4.55 Å². The van der Waals surface area contributed by atoms with Crippen LogP contribution in [0.2, 0.25) is 0 Å². The number of hydrogen-bond donors (Lipinski definition) is 3. The van der Waals surface area contributed by atoms with Crippen molar-refractivity contribution in [3.8, 4) is 0 Å². The number of aliphatic hydroxyl groups excluding tert-OH is 2. The summed E-state index contributed by atoms with van der Waals surface area (Å²) in [5.41, 5.74) is 0. The van der Waals surface area contributed by atoms with Crippen LogP contribution in [-0.2, 0) is 20.1 Å². The molecular weight excluding hydrogens is 543 g/mol. The Morgan fingerprint density at radius 3 is 1.74 bits per heavy atom. The van der Waals surface area contributed by atoms with Crippen molar-refractivity contribution >= 4 is 20.1 Å². The molecular formula is C14H24F9N2O7S2+. The third-order valence-electron chi connectivity index (χ3n) is 4.41. The molecule has 9 nitrogen and oxygen atoms in total. The number of alkyl halides is 9. The first-order valence-corrected chi connectivity index (χ1v) is 12.1. The highest BCUT2D eigenvalue weighted by Crippen LogP contribution is 2.55. The molecule has 0 rings (SSSR count). The monoisotopic (exact) mass is 567 g/mol. The van der Waals surface area contributed by atoms with Gasteiger partial charge in [-0.2, -0.15) is 52.2 Å². The van der Waals surface area contributed by atoms with Gasteiger partial charge in [0, 0.05) is 19.5 Å². The molecule has 0 saturated heterocycles. The van der Waals surface area contributed by atoms with E-state index in [0.29, 0.717) is 0 Å². The molecule has 0 aliphatic carbocycles. The Bertz CT molecular complexity index is 894. The van der Waals surface area contributed by atoms with Crippen LogP contribution in [0.5, 0.6) is 0 Å². The molecule has 1 atom stereocenters. The van der Waals surface area contributed by atoms with Crippen LogP contribution >= 0.6 is 0 Å². The summed E-state index contributed by atoms with van der Waals surface area (Å²) in [6.07, 6.45) is -9.40. The van der Waals surface area contributed by atoms with Gasteiger partial charge in [-0.05, 0) is 0 Å². The lowest BCUT2D eigenvalue weighted by atomic mass is 10.1. The topological polar surface area (TPSA) is 132 Å². The fraction of sp³-hybridized carbons (Fsp3) is 1.00. The molecule has 0 spiro atoms. The van der Waals surface area contributed by atoms with Gasteiger partial charge in [0.15, 0.2) is 0 Å². The molecule has 0 aliphatic rings. The molecule has 20 heteroatoms. The summed E-state index contributed by atoms with van der Waals surface area (Å²) in [6.45, 7) is -4.49. The molecule has 0 fully saturated rings. The van der Waals surface area contributed by atoms with E-state index >= 15 is 0 Å². The zero-order valence-corrected chi connectivity index (χ0v) is 19.2. The molecule has 1 unspecified atom stereocenters. The number of sulfonamides is 1. The van der Waals surface area contributed by atoms with Gasteiger partial charge in [-0.1, -0.05) is 0 Å². The highest BCUT2D eigenvalue weighted by Gasteiger charge is 2.85. The van der Waals surface area contributed by atoms with Crippen molar-refractivity contribution in [2.75, 3.05) is 52.6 Å². The van der Waals surface area contributed by atoms with Crippen LogP contribution in [0.25, 0.3) is 0 Å². The first kappa shape index (κ1) is 33.1. The fourth-order valence-corrected chi connectivity index (χ4v) is 4.84. The van der Waals surface area contributed by atoms with Crippen LogP contribution in [0.4, 0.5) is 39.5 Å². The maximum atomic E-state index is 14.0. The summed E-state index contributed by atoms with van der Waals surface area (Å²) >= 11 is 0. The Balaban J connectivity index is 5.72. The summed E-state index contributed by atoms with van der Waals surface area (Å²) in [6, 6.07) is 0. The lowest BCUT2D eigenvalue weighted by Crippen LogP contribution is -2.65. The van der Waals surface area contributed by atoms with E-state index in [0.717, 1.165) is 0 Å².